The van der Waals surface area contributed by atoms with Gasteiger partial charge in [-0.1, -0.05) is 0 Å². The number of nitrogens with zero attached hydrogens (tertiary/aromatic N) is 2. The summed E-state index contributed by atoms with van der Waals surface area (Å²) in [6, 6.07) is 4.81. The number of carbonyl (C=O) groups is 2. The normalized spacial score (nSPS) is 10.9. The highest BCUT2D eigenvalue weighted by Gasteiger charge is 2.16. The molecular formula is C18H21N3O5. The molecule has 0 bridgehead atoms. The van der Waals surface area contributed by atoms with Gasteiger partial charge in [0.25, 0.3) is 0 Å². The Bertz CT molecular complexity index is 815. The number of carboxylic acids is 1. The van der Waals surface area contributed by atoms with Gasteiger partial charge < -0.3 is 19.9 Å². The van der Waals surface area contributed by atoms with E-state index in [9.17, 15) is 9.59 Å². The molecule has 0 aromatic carbocycles. The van der Waals surface area contributed by atoms with Crippen LogP contribution >= 0.6 is 0 Å². The first-order valence-electron chi connectivity index (χ1n) is 7.93. The number of ether oxygens (including phenoxy) is 2. The molecule has 0 aliphatic heterocycles. The monoisotopic (exact) mass is 359 g/mol. The lowest BCUT2D eigenvalue weighted by atomic mass is 10.2. The Labute approximate surface area is 151 Å². The number of aryl methyl sites for hydroxylation is 1. The number of aromatic nitrogens is 2. The van der Waals surface area contributed by atoms with Gasteiger partial charge in [0.1, 0.15) is 11.4 Å². The summed E-state index contributed by atoms with van der Waals surface area (Å²) in [5.41, 5.74) is 0.891. The number of alkyl carbamates (subject to hydrolysis) is 1. The maximum Gasteiger partial charge on any atom is 0.407 e. The first-order valence-corrected chi connectivity index (χ1v) is 7.93. The van der Waals surface area contributed by atoms with Crippen molar-refractivity contribution in [2.45, 2.75) is 39.8 Å². The predicted octanol–water partition coefficient (Wildman–Crippen LogP) is 3.30. The number of amides is 1. The van der Waals surface area contributed by atoms with E-state index in [0.717, 1.165) is 5.56 Å². The van der Waals surface area contributed by atoms with Crippen molar-refractivity contribution in [1.82, 2.24) is 15.3 Å². The van der Waals surface area contributed by atoms with Gasteiger partial charge in [0.2, 0.25) is 5.88 Å². The summed E-state index contributed by atoms with van der Waals surface area (Å²) >= 11 is 0. The van der Waals surface area contributed by atoms with Gasteiger partial charge in [-0.3, -0.25) is 4.98 Å². The Morgan fingerprint density at radius 1 is 1.19 bits per heavy atom. The number of carbonyl (C=O) groups excluding carboxylic acids is 1. The van der Waals surface area contributed by atoms with E-state index in [1.807, 2.05) is 0 Å². The Hall–Kier alpha value is -3.16. The molecule has 0 aliphatic rings. The van der Waals surface area contributed by atoms with Gasteiger partial charge in [0, 0.05) is 24.5 Å². The smallest absolute Gasteiger partial charge is 0.407 e. The van der Waals surface area contributed by atoms with E-state index >= 15 is 0 Å². The van der Waals surface area contributed by atoms with Crippen LogP contribution in [0.4, 0.5) is 4.79 Å². The lowest BCUT2D eigenvalue weighted by Gasteiger charge is -2.19. The third-order valence-corrected chi connectivity index (χ3v) is 3.01. The molecule has 0 unspecified atom stereocenters. The van der Waals surface area contributed by atoms with E-state index in [-0.39, 0.29) is 23.7 Å². The Morgan fingerprint density at radius 2 is 1.92 bits per heavy atom. The van der Waals surface area contributed by atoms with Crippen molar-refractivity contribution in [3.05, 3.63) is 47.4 Å². The molecule has 1 amide bonds. The number of carboxylic acid groups (broad SMARTS) is 1. The fourth-order valence-electron chi connectivity index (χ4n) is 2.06. The zero-order valence-corrected chi connectivity index (χ0v) is 15.1. The summed E-state index contributed by atoms with van der Waals surface area (Å²) in [4.78, 5) is 30.8. The van der Waals surface area contributed by atoms with Crippen LogP contribution in [-0.4, -0.2) is 32.7 Å². The quantitative estimate of drug-likeness (QED) is 0.842. The van der Waals surface area contributed by atoms with Crippen LogP contribution in [0, 0.1) is 6.92 Å². The van der Waals surface area contributed by atoms with Crippen LogP contribution in [0.15, 0.2) is 30.6 Å². The zero-order chi connectivity index (χ0) is 19.3. The molecule has 0 saturated carbocycles. The summed E-state index contributed by atoms with van der Waals surface area (Å²) in [6.07, 6.45) is 2.11. The first-order chi connectivity index (χ1) is 12.1. The van der Waals surface area contributed by atoms with Crippen molar-refractivity contribution in [3.63, 3.8) is 0 Å². The molecule has 0 saturated heterocycles. The standard InChI is InChI=1S/C18H21N3O5/c1-11-5-12(8-20-17(24)26-18(2,3)4)6-15(21-11)25-14-7-13(16(22)23)9-19-10-14/h5-7,9-10H,8H2,1-4H3,(H,20,24)(H,22,23). The highest BCUT2D eigenvalue weighted by molar-refractivity contribution is 5.87. The second kappa shape index (κ2) is 7.81. The number of hydrogen-bond donors (Lipinski definition) is 2. The highest BCUT2D eigenvalue weighted by atomic mass is 16.6. The van der Waals surface area contributed by atoms with E-state index < -0.39 is 17.7 Å². The molecule has 2 aromatic rings. The zero-order valence-electron chi connectivity index (χ0n) is 15.1. The molecule has 0 atom stereocenters. The summed E-state index contributed by atoms with van der Waals surface area (Å²) in [5, 5.41) is 11.7. The number of pyridine rings is 2. The van der Waals surface area contributed by atoms with Gasteiger partial charge in [-0.2, -0.15) is 0 Å². The van der Waals surface area contributed by atoms with Crippen LogP contribution in [0.3, 0.4) is 0 Å². The largest absolute Gasteiger partial charge is 0.478 e. The van der Waals surface area contributed by atoms with Crippen molar-refractivity contribution in [3.8, 4) is 11.6 Å². The van der Waals surface area contributed by atoms with Crippen LogP contribution in [0.2, 0.25) is 0 Å². The number of nitrogens with one attached hydrogen (secondary N) is 1. The van der Waals surface area contributed by atoms with Crippen LogP contribution in [-0.2, 0) is 11.3 Å². The fraction of sp³-hybridized carbons (Fsp3) is 0.333. The molecule has 0 fully saturated rings. The second-order valence-electron chi connectivity index (χ2n) is 6.63. The molecule has 0 radical (unpaired) electrons. The van der Waals surface area contributed by atoms with Gasteiger partial charge in [0.15, 0.2) is 0 Å². The van der Waals surface area contributed by atoms with Crippen molar-refractivity contribution in [1.29, 1.82) is 0 Å². The second-order valence-corrected chi connectivity index (χ2v) is 6.63. The van der Waals surface area contributed by atoms with Gasteiger partial charge in [-0.15, -0.1) is 0 Å². The molecule has 0 spiro atoms. The van der Waals surface area contributed by atoms with E-state index in [1.165, 1.54) is 18.5 Å². The molecule has 138 valence electrons. The molecule has 2 rings (SSSR count). The molecule has 2 aromatic heterocycles. The van der Waals surface area contributed by atoms with Crippen LogP contribution in [0.25, 0.3) is 0 Å². The molecule has 2 heterocycles. The minimum absolute atomic E-state index is 0.0157. The SMILES string of the molecule is Cc1cc(CNC(=O)OC(C)(C)C)cc(Oc2cncc(C(=O)O)c2)n1. The Kier molecular flexibility index (Phi) is 5.76. The lowest BCUT2D eigenvalue weighted by molar-refractivity contribution is 0.0523. The van der Waals surface area contributed by atoms with Crippen LogP contribution < -0.4 is 10.1 Å². The lowest BCUT2D eigenvalue weighted by Crippen LogP contribution is -2.32. The van der Waals surface area contributed by atoms with E-state index in [2.05, 4.69) is 15.3 Å². The molecule has 0 aliphatic carbocycles. The van der Waals surface area contributed by atoms with Gasteiger partial charge in [0.05, 0.1) is 11.8 Å². The fourth-order valence-corrected chi connectivity index (χ4v) is 2.06. The Morgan fingerprint density at radius 3 is 2.58 bits per heavy atom. The third-order valence-electron chi connectivity index (χ3n) is 3.01. The molecule has 2 N–H and O–H groups in total. The van der Waals surface area contributed by atoms with E-state index in [1.54, 1.807) is 39.8 Å². The molecule has 8 nitrogen and oxygen atoms in total. The number of rotatable bonds is 5. The maximum absolute atomic E-state index is 11.8. The van der Waals surface area contributed by atoms with E-state index in [0.29, 0.717) is 5.69 Å². The average molecular weight is 359 g/mol. The summed E-state index contributed by atoms with van der Waals surface area (Å²) in [6.45, 7) is 7.38. The number of aromatic carboxylic acids is 1. The molecule has 26 heavy (non-hydrogen) atoms. The van der Waals surface area contributed by atoms with Crippen molar-refractivity contribution in [2.75, 3.05) is 0 Å². The molecular weight excluding hydrogens is 338 g/mol. The van der Waals surface area contributed by atoms with Crippen LogP contribution in [0.5, 0.6) is 11.6 Å². The van der Waals surface area contributed by atoms with Crippen LogP contribution in [0.1, 0.15) is 42.4 Å². The highest BCUT2D eigenvalue weighted by Crippen LogP contribution is 2.21. The minimum atomic E-state index is -1.09. The van der Waals surface area contributed by atoms with Gasteiger partial charge >= 0.3 is 12.1 Å². The van der Waals surface area contributed by atoms with Crippen molar-refractivity contribution < 1.29 is 24.2 Å². The van der Waals surface area contributed by atoms with Crippen molar-refractivity contribution >= 4 is 12.1 Å². The van der Waals surface area contributed by atoms with E-state index in [4.69, 9.17) is 14.6 Å². The Balaban J connectivity index is 2.08. The number of hydrogen-bond acceptors (Lipinski definition) is 6. The molecule has 8 heteroatoms. The minimum Gasteiger partial charge on any atom is -0.478 e. The van der Waals surface area contributed by atoms with Gasteiger partial charge in [-0.05, 0) is 45.4 Å². The van der Waals surface area contributed by atoms with Gasteiger partial charge in [-0.25, -0.2) is 14.6 Å². The summed E-state index contributed by atoms with van der Waals surface area (Å²) in [5.74, 6) is -0.563. The van der Waals surface area contributed by atoms with Crippen molar-refractivity contribution in [2.24, 2.45) is 0 Å². The topological polar surface area (TPSA) is 111 Å². The summed E-state index contributed by atoms with van der Waals surface area (Å²) in [7, 11) is 0. The third kappa shape index (κ3) is 6.04. The average Bonchev–Trinajstić information content (AvgIpc) is 2.51. The predicted molar refractivity (Wildman–Crippen MR) is 93.3 cm³/mol. The summed E-state index contributed by atoms with van der Waals surface area (Å²) < 4.78 is 10.8. The first kappa shape index (κ1) is 19.2. The maximum atomic E-state index is 11.8.